The zero-order valence-electron chi connectivity index (χ0n) is 17.3. The molecular weight excluding hydrogens is 362 g/mol. The molecule has 0 aliphatic carbocycles. The third-order valence-electron chi connectivity index (χ3n) is 5.71. The Labute approximate surface area is 173 Å². The van der Waals surface area contributed by atoms with E-state index in [0.717, 1.165) is 63.8 Å². The van der Waals surface area contributed by atoms with E-state index in [-0.39, 0.29) is 0 Å². The van der Waals surface area contributed by atoms with Crippen molar-refractivity contribution in [1.29, 1.82) is 0 Å². The molecule has 0 saturated carbocycles. The quantitative estimate of drug-likeness (QED) is 0.579. The highest BCUT2D eigenvalue weighted by atomic mass is 16.5. The molecule has 0 amide bonds. The Morgan fingerprint density at radius 3 is 2.97 bits per heavy atom. The number of hydrogen-bond donors (Lipinski definition) is 1. The van der Waals surface area contributed by atoms with Gasteiger partial charge in [0.15, 0.2) is 5.96 Å². The molecule has 0 bridgehead atoms. The Balaban J connectivity index is 1.18. The lowest BCUT2D eigenvalue weighted by Crippen LogP contribution is -2.41. The zero-order valence-corrected chi connectivity index (χ0v) is 17.3. The highest BCUT2D eigenvalue weighted by Crippen LogP contribution is 2.26. The zero-order chi connectivity index (χ0) is 19.9. The summed E-state index contributed by atoms with van der Waals surface area (Å²) in [5.41, 5.74) is 3.92. The molecule has 1 saturated heterocycles. The third-order valence-corrected chi connectivity index (χ3v) is 5.71. The second kappa shape index (κ2) is 9.79. The summed E-state index contributed by atoms with van der Waals surface area (Å²) in [4.78, 5) is 6.85. The van der Waals surface area contributed by atoms with Crippen LogP contribution in [0.4, 0.5) is 0 Å². The minimum atomic E-state index is 0.564. The van der Waals surface area contributed by atoms with Crippen molar-refractivity contribution in [2.45, 2.75) is 25.9 Å². The molecule has 4 rings (SSSR count). The van der Waals surface area contributed by atoms with Gasteiger partial charge in [-0.15, -0.1) is 0 Å². The number of guanidine groups is 1. The van der Waals surface area contributed by atoms with Crippen molar-refractivity contribution in [2.75, 3.05) is 39.9 Å². The van der Waals surface area contributed by atoms with Crippen LogP contribution in [0.3, 0.4) is 0 Å². The molecule has 2 aromatic rings. The van der Waals surface area contributed by atoms with Crippen LogP contribution in [0.1, 0.15) is 23.1 Å². The molecule has 2 heterocycles. The van der Waals surface area contributed by atoms with Crippen LogP contribution in [0.25, 0.3) is 0 Å². The second-order valence-electron chi connectivity index (χ2n) is 7.87. The SMILES string of the molecule is CN=C(NCCc1ccc2c(c1)CCO2)N1CCC(COCc2ccccc2)C1. The summed E-state index contributed by atoms with van der Waals surface area (Å²) in [6.07, 6.45) is 3.17. The molecule has 2 aromatic carbocycles. The summed E-state index contributed by atoms with van der Waals surface area (Å²) in [6, 6.07) is 16.9. The first kappa shape index (κ1) is 19.8. The van der Waals surface area contributed by atoms with E-state index in [1.807, 2.05) is 13.1 Å². The van der Waals surface area contributed by atoms with E-state index in [2.05, 4.69) is 57.7 Å². The Bertz CT molecular complexity index is 822. The van der Waals surface area contributed by atoms with Crippen LogP contribution in [-0.2, 0) is 24.2 Å². The van der Waals surface area contributed by atoms with Crippen molar-refractivity contribution < 1.29 is 9.47 Å². The molecule has 154 valence electrons. The summed E-state index contributed by atoms with van der Waals surface area (Å²) in [5.74, 6) is 2.61. The van der Waals surface area contributed by atoms with Gasteiger partial charge in [-0.05, 0) is 35.6 Å². The highest BCUT2D eigenvalue weighted by molar-refractivity contribution is 5.80. The van der Waals surface area contributed by atoms with Crippen molar-refractivity contribution in [1.82, 2.24) is 10.2 Å². The molecular formula is C24H31N3O2. The van der Waals surface area contributed by atoms with Crippen LogP contribution in [-0.4, -0.2) is 50.8 Å². The number of likely N-dealkylation sites (tertiary alicyclic amines) is 1. The van der Waals surface area contributed by atoms with E-state index in [1.165, 1.54) is 16.7 Å². The second-order valence-corrected chi connectivity index (χ2v) is 7.87. The van der Waals surface area contributed by atoms with Gasteiger partial charge in [-0.1, -0.05) is 42.5 Å². The first-order valence-electron chi connectivity index (χ1n) is 10.6. The standard InChI is InChI=1S/C24H31N3O2/c1-25-24(26-12-9-19-7-8-23-22(15-19)11-14-29-23)27-13-10-21(16-27)18-28-17-20-5-3-2-4-6-20/h2-8,15,21H,9-14,16-18H2,1H3,(H,25,26). The Kier molecular flexibility index (Phi) is 6.67. The summed E-state index contributed by atoms with van der Waals surface area (Å²) in [6.45, 7) is 5.24. The Hall–Kier alpha value is -2.53. The summed E-state index contributed by atoms with van der Waals surface area (Å²) in [5, 5.41) is 3.53. The largest absolute Gasteiger partial charge is 0.493 e. The monoisotopic (exact) mass is 393 g/mol. The maximum Gasteiger partial charge on any atom is 0.193 e. The molecule has 1 atom stereocenters. The lowest BCUT2D eigenvalue weighted by Gasteiger charge is -2.22. The molecule has 1 N–H and O–H groups in total. The van der Waals surface area contributed by atoms with Crippen LogP contribution < -0.4 is 10.1 Å². The van der Waals surface area contributed by atoms with Crippen LogP contribution in [0.2, 0.25) is 0 Å². The van der Waals surface area contributed by atoms with Gasteiger partial charge < -0.3 is 19.7 Å². The van der Waals surface area contributed by atoms with Crippen molar-refractivity contribution >= 4 is 5.96 Å². The molecule has 2 aliphatic heterocycles. The minimum Gasteiger partial charge on any atom is -0.493 e. The fourth-order valence-corrected chi connectivity index (χ4v) is 4.13. The smallest absolute Gasteiger partial charge is 0.193 e. The lowest BCUT2D eigenvalue weighted by atomic mass is 10.1. The van der Waals surface area contributed by atoms with Gasteiger partial charge in [-0.2, -0.15) is 0 Å². The number of nitrogens with one attached hydrogen (secondary N) is 1. The normalized spacial score (nSPS) is 18.6. The van der Waals surface area contributed by atoms with Gasteiger partial charge in [0.05, 0.1) is 19.8 Å². The molecule has 1 fully saturated rings. The maximum atomic E-state index is 5.94. The fraction of sp³-hybridized carbons (Fsp3) is 0.458. The van der Waals surface area contributed by atoms with Crippen molar-refractivity contribution in [2.24, 2.45) is 10.9 Å². The Morgan fingerprint density at radius 1 is 1.21 bits per heavy atom. The van der Waals surface area contributed by atoms with E-state index in [4.69, 9.17) is 9.47 Å². The molecule has 0 aromatic heterocycles. The highest BCUT2D eigenvalue weighted by Gasteiger charge is 2.25. The summed E-state index contributed by atoms with van der Waals surface area (Å²) < 4.78 is 11.5. The van der Waals surface area contributed by atoms with E-state index < -0.39 is 0 Å². The lowest BCUT2D eigenvalue weighted by molar-refractivity contribution is 0.0907. The number of nitrogens with zero attached hydrogens (tertiary/aromatic N) is 2. The molecule has 0 spiro atoms. The average Bonchev–Trinajstić information content (AvgIpc) is 3.41. The van der Waals surface area contributed by atoms with Gasteiger partial charge in [-0.25, -0.2) is 0 Å². The Morgan fingerprint density at radius 2 is 2.10 bits per heavy atom. The topological polar surface area (TPSA) is 46.1 Å². The molecule has 5 nitrogen and oxygen atoms in total. The maximum absolute atomic E-state index is 5.94. The molecule has 1 unspecified atom stereocenters. The van der Waals surface area contributed by atoms with Crippen LogP contribution >= 0.6 is 0 Å². The molecule has 29 heavy (non-hydrogen) atoms. The van der Waals surface area contributed by atoms with Gasteiger partial charge in [0.2, 0.25) is 0 Å². The first-order valence-corrected chi connectivity index (χ1v) is 10.6. The van der Waals surface area contributed by atoms with Crippen molar-refractivity contribution in [3.63, 3.8) is 0 Å². The number of benzene rings is 2. The number of hydrogen-bond acceptors (Lipinski definition) is 3. The van der Waals surface area contributed by atoms with Crippen molar-refractivity contribution in [3.8, 4) is 5.75 Å². The average molecular weight is 394 g/mol. The summed E-state index contributed by atoms with van der Waals surface area (Å²) >= 11 is 0. The van der Waals surface area contributed by atoms with Gasteiger partial charge in [-0.3, -0.25) is 4.99 Å². The number of fused-ring (bicyclic) bond motifs is 1. The molecule has 5 heteroatoms. The van der Waals surface area contributed by atoms with Gasteiger partial charge in [0.25, 0.3) is 0 Å². The summed E-state index contributed by atoms with van der Waals surface area (Å²) in [7, 11) is 1.87. The van der Waals surface area contributed by atoms with Gasteiger partial charge >= 0.3 is 0 Å². The first-order chi connectivity index (χ1) is 14.3. The fourth-order valence-electron chi connectivity index (χ4n) is 4.13. The third kappa shape index (κ3) is 5.30. The predicted octanol–water partition coefficient (Wildman–Crippen LogP) is 3.28. The van der Waals surface area contributed by atoms with Crippen LogP contribution in [0, 0.1) is 5.92 Å². The van der Waals surface area contributed by atoms with E-state index >= 15 is 0 Å². The number of rotatable bonds is 7. The van der Waals surface area contributed by atoms with E-state index in [1.54, 1.807) is 0 Å². The van der Waals surface area contributed by atoms with Gasteiger partial charge in [0.1, 0.15) is 5.75 Å². The molecule has 0 radical (unpaired) electrons. The van der Waals surface area contributed by atoms with Gasteiger partial charge in [0, 0.05) is 39.0 Å². The van der Waals surface area contributed by atoms with E-state index in [0.29, 0.717) is 12.5 Å². The number of aliphatic imine (C=N–C) groups is 1. The predicted molar refractivity (Wildman–Crippen MR) is 116 cm³/mol. The van der Waals surface area contributed by atoms with E-state index in [9.17, 15) is 0 Å². The minimum absolute atomic E-state index is 0.564. The van der Waals surface area contributed by atoms with Crippen molar-refractivity contribution in [3.05, 3.63) is 65.2 Å². The number of ether oxygens (including phenoxy) is 2. The van der Waals surface area contributed by atoms with Crippen LogP contribution in [0.5, 0.6) is 5.75 Å². The molecule has 2 aliphatic rings. The van der Waals surface area contributed by atoms with Crippen LogP contribution in [0.15, 0.2) is 53.5 Å².